The molecule has 0 aromatic heterocycles. The molecule has 4 rings (SSSR count). The number of rotatable bonds is 7. The molecular formula is C25H21BrCl2N2O2S. The van der Waals surface area contributed by atoms with Crippen molar-refractivity contribution >= 4 is 68.6 Å². The van der Waals surface area contributed by atoms with E-state index in [2.05, 4.69) is 45.6 Å². The quantitative estimate of drug-likeness (QED) is 0.292. The van der Waals surface area contributed by atoms with Crippen LogP contribution in [0.15, 0.2) is 70.0 Å². The molecule has 0 spiro atoms. The monoisotopic (exact) mass is 562 g/mol. The first-order valence-electron chi connectivity index (χ1n) is 10.3. The van der Waals surface area contributed by atoms with Crippen LogP contribution in [0.1, 0.15) is 23.6 Å². The standard InChI is InChI=1S/C25H21BrCl2N2O2S/c1-2-15-5-9-19(10-6-15)29-25-30-24(31)22(33-25)13-17-11-20(26)23(21(28)12-17)32-14-16-3-7-18(27)8-4-16/h3-13,25,29H,2,14H2,1H3,(H,30,31)/b22-13-/t25-/m1/s1. The zero-order valence-corrected chi connectivity index (χ0v) is 21.6. The zero-order valence-electron chi connectivity index (χ0n) is 17.7. The van der Waals surface area contributed by atoms with E-state index in [-0.39, 0.29) is 11.4 Å². The van der Waals surface area contributed by atoms with Crippen molar-refractivity contribution < 1.29 is 9.53 Å². The minimum Gasteiger partial charge on any atom is -0.486 e. The molecule has 1 amide bonds. The second-order valence-electron chi connectivity index (χ2n) is 7.40. The Labute approximate surface area is 215 Å². The Morgan fingerprint density at radius 3 is 2.45 bits per heavy atom. The fourth-order valence-corrected chi connectivity index (χ4v) is 5.34. The molecule has 8 heteroatoms. The molecule has 1 saturated heterocycles. The Bertz CT molecular complexity index is 1160. The molecule has 1 fully saturated rings. The first-order chi connectivity index (χ1) is 15.9. The number of carbonyl (C=O) groups is 1. The van der Waals surface area contributed by atoms with Crippen molar-refractivity contribution in [3.63, 3.8) is 0 Å². The number of nitrogens with one attached hydrogen (secondary N) is 2. The van der Waals surface area contributed by atoms with E-state index in [0.717, 1.165) is 23.2 Å². The van der Waals surface area contributed by atoms with Gasteiger partial charge in [0, 0.05) is 10.7 Å². The molecular weight excluding hydrogens is 543 g/mol. The van der Waals surface area contributed by atoms with Crippen LogP contribution in [0.25, 0.3) is 6.08 Å². The molecule has 170 valence electrons. The Hall–Kier alpha value is -2.12. The fraction of sp³-hybridized carbons (Fsp3) is 0.160. The van der Waals surface area contributed by atoms with Gasteiger partial charge in [-0.3, -0.25) is 4.79 Å². The van der Waals surface area contributed by atoms with E-state index in [1.165, 1.54) is 17.3 Å². The summed E-state index contributed by atoms with van der Waals surface area (Å²) in [6.45, 7) is 2.48. The number of hydrogen-bond acceptors (Lipinski definition) is 4. The lowest BCUT2D eigenvalue weighted by molar-refractivity contribution is -0.116. The van der Waals surface area contributed by atoms with Gasteiger partial charge in [-0.25, -0.2) is 0 Å². The SMILES string of the molecule is CCc1ccc(N[C@@H]2NC(=O)/C(=C/c3cc(Cl)c(OCc4ccc(Cl)cc4)c(Br)c3)S2)cc1. The molecule has 4 nitrogen and oxygen atoms in total. The number of anilines is 1. The summed E-state index contributed by atoms with van der Waals surface area (Å²) in [4.78, 5) is 13.1. The normalized spacial score (nSPS) is 16.7. The van der Waals surface area contributed by atoms with E-state index >= 15 is 0 Å². The molecule has 0 aliphatic carbocycles. The predicted octanol–water partition coefficient (Wildman–Crippen LogP) is 7.50. The second-order valence-corrected chi connectivity index (χ2v) is 10.2. The molecule has 1 aliphatic rings. The fourth-order valence-electron chi connectivity index (χ4n) is 3.24. The molecule has 0 bridgehead atoms. The van der Waals surface area contributed by atoms with Crippen LogP contribution in [-0.2, 0) is 17.8 Å². The van der Waals surface area contributed by atoms with Crippen LogP contribution >= 0.6 is 50.9 Å². The van der Waals surface area contributed by atoms with Crippen LogP contribution in [0.4, 0.5) is 5.69 Å². The molecule has 33 heavy (non-hydrogen) atoms. The van der Waals surface area contributed by atoms with Crippen LogP contribution in [-0.4, -0.2) is 11.4 Å². The van der Waals surface area contributed by atoms with Gasteiger partial charge < -0.3 is 15.4 Å². The van der Waals surface area contributed by atoms with Crippen molar-refractivity contribution in [2.24, 2.45) is 0 Å². The molecule has 1 heterocycles. The van der Waals surface area contributed by atoms with Crippen LogP contribution in [0.2, 0.25) is 10.0 Å². The molecule has 0 radical (unpaired) electrons. The average molecular weight is 564 g/mol. The first kappa shape index (κ1) is 24.0. The predicted molar refractivity (Wildman–Crippen MR) is 142 cm³/mol. The highest BCUT2D eigenvalue weighted by molar-refractivity contribution is 9.10. The smallest absolute Gasteiger partial charge is 0.260 e. The maximum absolute atomic E-state index is 12.5. The number of benzene rings is 3. The minimum absolute atomic E-state index is 0.127. The highest BCUT2D eigenvalue weighted by Crippen LogP contribution is 2.37. The van der Waals surface area contributed by atoms with Crippen LogP contribution in [0.5, 0.6) is 5.75 Å². The van der Waals surface area contributed by atoms with E-state index in [1.807, 2.05) is 48.5 Å². The van der Waals surface area contributed by atoms with Crippen LogP contribution < -0.4 is 15.4 Å². The van der Waals surface area contributed by atoms with Gasteiger partial charge in [-0.2, -0.15) is 0 Å². The number of hydrogen-bond donors (Lipinski definition) is 2. The lowest BCUT2D eigenvalue weighted by Gasteiger charge is -2.13. The van der Waals surface area contributed by atoms with Gasteiger partial charge in [0.1, 0.15) is 6.61 Å². The van der Waals surface area contributed by atoms with Crippen LogP contribution in [0.3, 0.4) is 0 Å². The third-order valence-electron chi connectivity index (χ3n) is 5.01. The third kappa shape index (κ3) is 6.27. The van der Waals surface area contributed by atoms with Gasteiger partial charge in [-0.05, 0) is 81.5 Å². The van der Waals surface area contributed by atoms with E-state index in [1.54, 1.807) is 6.07 Å². The van der Waals surface area contributed by atoms with Crippen LogP contribution in [0, 0.1) is 0 Å². The largest absolute Gasteiger partial charge is 0.486 e. The number of halogens is 3. The number of aryl methyl sites for hydroxylation is 1. The van der Waals surface area contributed by atoms with Crippen molar-refractivity contribution in [2.45, 2.75) is 25.4 Å². The Morgan fingerprint density at radius 1 is 1.09 bits per heavy atom. The molecule has 3 aromatic rings. The van der Waals surface area contributed by atoms with E-state index < -0.39 is 0 Å². The summed E-state index contributed by atoms with van der Waals surface area (Å²) >= 11 is 17.4. The molecule has 3 aromatic carbocycles. The van der Waals surface area contributed by atoms with Crippen molar-refractivity contribution in [3.8, 4) is 5.75 Å². The van der Waals surface area contributed by atoms with Crippen molar-refractivity contribution in [1.29, 1.82) is 0 Å². The summed E-state index contributed by atoms with van der Waals surface area (Å²) in [7, 11) is 0. The van der Waals surface area contributed by atoms with Gasteiger partial charge in [0.05, 0.1) is 14.4 Å². The van der Waals surface area contributed by atoms with E-state index in [9.17, 15) is 4.79 Å². The number of carbonyl (C=O) groups excluding carboxylic acids is 1. The summed E-state index contributed by atoms with van der Waals surface area (Å²) in [6, 6.07) is 19.3. The molecule has 1 aliphatic heterocycles. The maximum atomic E-state index is 12.5. The van der Waals surface area contributed by atoms with E-state index in [0.29, 0.717) is 31.8 Å². The summed E-state index contributed by atoms with van der Waals surface area (Å²) in [5.41, 5.74) is 3.77. The second kappa shape index (κ2) is 10.9. The first-order valence-corrected chi connectivity index (χ1v) is 12.7. The van der Waals surface area contributed by atoms with Gasteiger partial charge in [-0.1, -0.05) is 66.2 Å². The van der Waals surface area contributed by atoms with E-state index in [4.69, 9.17) is 27.9 Å². The van der Waals surface area contributed by atoms with Gasteiger partial charge in [0.25, 0.3) is 5.91 Å². The molecule has 0 saturated carbocycles. The summed E-state index contributed by atoms with van der Waals surface area (Å²) in [5, 5.41) is 7.42. The summed E-state index contributed by atoms with van der Waals surface area (Å²) < 4.78 is 6.62. The summed E-state index contributed by atoms with van der Waals surface area (Å²) in [5.74, 6) is 0.422. The Morgan fingerprint density at radius 2 is 1.79 bits per heavy atom. The van der Waals surface area contributed by atoms with Crippen molar-refractivity contribution in [2.75, 3.05) is 5.32 Å². The van der Waals surface area contributed by atoms with Crippen molar-refractivity contribution in [1.82, 2.24) is 5.32 Å². The highest BCUT2D eigenvalue weighted by Gasteiger charge is 2.27. The Balaban J connectivity index is 1.43. The van der Waals surface area contributed by atoms with Gasteiger partial charge >= 0.3 is 0 Å². The lowest BCUT2D eigenvalue weighted by atomic mass is 10.1. The zero-order chi connectivity index (χ0) is 23.4. The average Bonchev–Trinajstić information content (AvgIpc) is 3.13. The number of thioether (sulfide) groups is 1. The molecule has 2 N–H and O–H groups in total. The maximum Gasteiger partial charge on any atom is 0.260 e. The Kier molecular flexibility index (Phi) is 7.91. The lowest BCUT2D eigenvalue weighted by Crippen LogP contribution is -2.30. The molecule has 1 atom stereocenters. The number of amides is 1. The third-order valence-corrected chi connectivity index (χ3v) is 7.16. The van der Waals surface area contributed by atoms with Gasteiger partial charge in [0.2, 0.25) is 0 Å². The highest BCUT2D eigenvalue weighted by atomic mass is 79.9. The minimum atomic E-state index is -0.239. The topological polar surface area (TPSA) is 50.4 Å². The van der Waals surface area contributed by atoms with Gasteiger partial charge in [-0.15, -0.1) is 0 Å². The summed E-state index contributed by atoms with van der Waals surface area (Å²) in [6.07, 6.45) is 2.81. The number of ether oxygens (including phenoxy) is 1. The molecule has 0 unspecified atom stereocenters. The van der Waals surface area contributed by atoms with Crippen molar-refractivity contribution in [3.05, 3.63) is 96.8 Å². The van der Waals surface area contributed by atoms with Gasteiger partial charge in [0.15, 0.2) is 11.2 Å².